The Morgan fingerprint density at radius 3 is 2.88 bits per heavy atom. The summed E-state index contributed by atoms with van der Waals surface area (Å²) in [6.07, 6.45) is 5.30. The van der Waals surface area contributed by atoms with Gasteiger partial charge in [-0.2, -0.15) is 8.78 Å². The highest BCUT2D eigenvalue weighted by molar-refractivity contribution is 5.85. The maximum Gasteiger partial charge on any atom is 0.387 e. The third kappa shape index (κ3) is 4.80. The van der Waals surface area contributed by atoms with Crippen molar-refractivity contribution in [3.8, 4) is 5.75 Å². The summed E-state index contributed by atoms with van der Waals surface area (Å²) >= 11 is 0. The average Bonchev–Trinajstić information content (AvgIpc) is 2.99. The Balaban J connectivity index is 0.00000208. The molecule has 1 aliphatic carbocycles. The van der Waals surface area contributed by atoms with E-state index in [1.807, 2.05) is 0 Å². The van der Waals surface area contributed by atoms with Crippen LogP contribution in [0.2, 0.25) is 0 Å². The number of ether oxygens (including phenoxy) is 1. The maximum absolute atomic E-state index is 12.3. The molecule has 0 aromatic heterocycles. The van der Waals surface area contributed by atoms with Gasteiger partial charge in [0.05, 0.1) is 6.04 Å². The van der Waals surface area contributed by atoms with Gasteiger partial charge in [0.25, 0.3) is 0 Å². The van der Waals surface area contributed by atoms with Gasteiger partial charge in [-0.3, -0.25) is 4.79 Å². The summed E-state index contributed by atoms with van der Waals surface area (Å²) in [4.78, 5) is 12.2. The van der Waals surface area contributed by atoms with Crippen molar-refractivity contribution in [3.63, 3.8) is 0 Å². The van der Waals surface area contributed by atoms with Crippen LogP contribution < -0.4 is 15.4 Å². The lowest BCUT2D eigenvalue weighted by Crippen LogP contribution is -2.35. The van der Waals surface area contributed by atoms with Crippen LogP contribution in [-0.4, -0.2) is 25.1 Å². The molecule has 1 fully saturated rings. The zero-order chi connectivity index (χ0) is 16.2. The number of hydrogen-bond donors (Lipinski definition) is 2. The van der Waals surface area contributed by atoms with Crippen LogP contribution in [0.5, 0.6) is 5.75 Å². The van der Waals surface area contributed by atoms with Crippen molar-refractivity contribution in [2.75, 3.05) is 6.54 Å². The summed E-state index contributed by atoms with van der Waals surface area (Å²) in [5, 5.41) is 6.42. The number of carbonyl (C=O) groups is 1. The highest BCUT2D eigenvalue weighted by Gasteiger charge is 2.24. The SMILES string of the molecule is Cl.O=C(CC1CCCN1)NC1CCCc2cc(OC(F)F)ccc21. The largest absolute Gasteiger partial charge is 0.435 e. The number of fused-ring (bicyclic) bond motifs is 1. The molecule has 0 bridgehead atoms. The van der Waals surface area contributed by atoms with Crippen LogP contribution in [0.3, 0.4) is 0 Å². The number of nitrogens with one attached hydrogen (secondary N) is 2. The monoisotopic (exact) mass is 360 g/mol. The van der Waals surface area contributed by atoms with Gasteiger partial charge in [0.15, 0.2) is 0 Å². The quantitative estimate of drug-likeness (QED) is 0.846. The van der Waals surface area contributed by atoms with E-state index in [9.17, 15) is 13.6 Å². The summed E-state index contributed by atoms with van der Waals surface area (Å²) in [5.41, 5.74) is 2.00. The van der Waals surface area contributed by atoms with Crippen LogP contribution in [0, 0.1) is 0 Å². The third-order valence-corrected chi connectivity index (χ3v) is 4.58. The molecule has 7 heteroatoms. The molecule has 0 spiro atoms. The van der Waals surface area contributed by atoms with Crippen LogP contribution in [-0.2, 0) is 11.2 Å². The molecule has 1 aliphatic heterocycles. The normalized spacial score (nSPS) is 22.6. The maximum atomic E-state index is 12.3. The van der Waals surface area contributed by atoms with Gasteiger partial charge in [-0.15, -0.1) is 12.4 Å². The minimum absolute atomic E-state index is 0. The van der Waals surface area contributed by atoms with Gasteiger partial charge in [-0.1, -0.05) is 6.07 Å². The van der Waals surface area contributed by atoms with Gasteiger partial charge < -0.3 is 15.4 Å². The van der Waals surface area contributed by atoms with E-state index < -0.39 is 6.61 Å². The molecular formula is C17H23ClF2N2O2. The molecule has 24 heavy (non-hydrogen) atoms. The molecule has 4 nitrogen and oxygen atoms in total. The van der Waals surface area contributed by atoms with E-state index in [2.05, 4.69) is 15.4 Å². The number of hydrogen-bond acceptors (Lipinski definition) is 3. The van der Waals surface area contributed by atoms with Gasteiger partial charge >= 0.3 is 6.61 Å². The van der Waals surface area contributed by atoms with Crippen molar-refractivity contribution in [1.29, 1.82) is 0 Å². The molecule has 2 aliphatic rings. The number of halogens is 3. The molecule has 0 radical (unpaired) electrons. The molecule has 2 atom stereocenters. The Morgan fingerprint density at radius 1 is 1.33 bits per heavy atom. The number of amides is 1. The predicted octanol–water partition coefficient (Wildman–Crippen LogP) is 3.35. The molecule has 3 rings (SSSR count). The zero-order valence-corrected chi connectivity index (χ0v) is 14.2. The van der Waals surface area contributed by atoms with Gasteiger partial charge in [-0.05, 0) is 61.9 Å². The molecule has 1 saturated heterocycles. The second kappa shape index (κ2) is 8.62. The van der Waals surface area contributed by atoms with E-state index in [1.165, 1.54) is 0 Å². The minimum atomic E-state index is -2.81. The summed E-state index contributed by atoms with van der Waals surface area (Å²) in [6, 6.07) is 5.25. The van der Waals surface area contributed by atoms with E-state index >= 15 is 0 Å². The van der Waals surface area contributed by atoms with Crippen molar-refractivity contribution in [1.82, 2.24) is 10.6 Å². The number of alkyl halides is 2. The molecule has 1 aromatic rings. The lowest BCUT2D eigenvalue weighted by molar-refractivity contribution is -0.122. The number of aryl methyl sites for hydroxylation is 1. The molecular weight excluding hydrogens is 338 g/mol. The van der Waals surface area contributed by atoms with Crippen molar-refractivity contribution in [2.24, 2.45) is 0 Å². The van der Waals surface area contributed by atoms with E-state index in [4.69, 9.17) is 0 Å². The standard InChI is InChI=1S/C17H22F2N2O2.ClH/c18-17(19)23-13-6-7-14-11(9-13)3-1-5-15(14)21-16(22)10-12-4-2-8-20-12;/h6-7,9,12,15,17,20H,1-5,8,10H2,(H,21,22);1H. The van der Waals surface area contributed by atoms with E-state index in [1.54, 1.807) is 18.2 Å². The number of benzene rings is 1. The fourth-order valence-corrected chi connectivity index (χ4v) is 3.52. The van der Waals surface area contributed by atoms with Gasteiger partial charge in [0.2, 0.25) is 5.91 Å². The lowest BCUT2D eigenvalue weighted by atomic mass is 9.87. The van der Waals surface area contributed by atoms with Gasteiger partial charge in [-0.25, -0.2) is 0 Å². The minimum Gasteiger partial charge on any atom is -0.435 e. The Kier molecular flexibility index (Phi) is 6.80. The third-order valence-electron chi connectivity index (χ3n) is 4.58. The van der Waals surface area contributed by atoms with Crippen molar-refractivity contribution in [3.05, 3.63) is 29.3 Å². The average molecular weight is 361 g/mol. The molecule has 1 aromatic carbocycles. The Bertz CT molecular complexity index is 566. The van der Waals surface area contributed by atoms with Crippen molar-refractivity contribution < 1.29 is 18.3 Å². The fraction of sp³-hybridized carbons (Fsp3) is 0.588. The van der Waals surface area contributed by atoms with Gasteiger partial charge in [0, 0.05) is 12.5 Å². The fourth-order valence-electron chi connectivity index (χ4n) is 3.52. The van der Waals surface area contributed by atoms with Crippen molar-refractivity contribution in [2.45, 2.75) is 57.2 Å². The van der Waals surface area contributed by atoms with E-state index in [0.717, 1.165) is 49.8 Å². The number of carbonyl (C=O) groups excluding carboxylic acids is 1. The van der Waals surface area contributed by atoms with Crippen molar-refractivity contribution >= 4 is 18.3 Å². The Morgan fingerprint density at radius 2 is 2.17 bits per heavy atom. The molecule has 2 unspecified atom stereocenters. The first kappa shape index (κ1) is 18.9. The first-order valence-electron chi connectivity index (χ1n) is 8.22. The number of rotatable bonds is 5. The smallest absolute Gasteiger partial charge is 0.387 e. The summed E-state index contributed by atoms with van der Waals surface area (Å²) < 4.78 is 29.1. The Labute approximate surface area is 146 Å². The highest BCUT2D eigenvalue weighted by Crippen LogP contribution is 2.32. The van der Waals surface area contributed by atoms with Crippen LogP contribution in [0.15, 0.2) is 18.2 Å². The summed E-state index contributed by atoms with van der Waals surface area (Å²) in [5.74, 6) is 0.232. The summed E-state index contributed by atoms with van der Waals surface area (Å²) in [6.45, 7) is -1.83. The predicted molar refractivity (Wildman–Crippen MR) is 89.8 cm³/mol. The molecule has 2 N–H and O–H groups in total. The Hall–Kier alpha value is -1.40. The summed E-state index contributed by atoms with van der Waals surface area (Å²) in [7, 11) is 0. The molecule has 134 valence electrons. The topological polar surface area (TPSA) is 50.4 Å². The van der Waals surface area contributed by atoms with Crippen LogP contribution >= 0.6 is 12.4 Å². The molecule has 1 heterocycles. The second-order valence-corrected chi connectivity index (χ2v) is 6.25. The van der Waals surface area contributed by atoms with Gasteiger partial charge in [0.1, 0.15) is 5.75 Å². The van der Waals surface area contributed by atoms with Crippen LogP contribution in [0.1, 0.15) is 49.3 Å². The zero-order valence-electron chi connectivity index (χ0n) is 13.4. The van der Waals surface area contributed by atoms with Crippen LogP contribution in [0.4, 0.5) is 8.78 Å². The second-order valence-electron chi connectivity index (χ2n) is 6.25. The molecule has 0 saturated carbocycles. The van der Waals surface area contributed by atoms with E-state index in [-0.39, 0.29) is 36.1 Å². The lowest BCUT2D eigenvalue weighted by Gasteiger charge is -2.27. The highest BCUT2D eigenvalue weighted by atomic mass is 35.5. The first-order chi connectivity index (χ1) is 11.1. The van der Waals surface area contributed by atoms with E-state index in [0.29, 0.717) is 6.42 Å². The first-order valence-corrected chi connectivity index (χ1v) is 8.22. The van der Waals surface area contributed by atoms with Crippen LogP contribution in [0.25, 0.3) is 0 Å². The molecule has 1 amide bonds.